The highest BCUT2D eigenvalue weighted by Crippen LogP contribution is 2.42. The van der Waals surface area contributed by atoms with Crippen LogP contribution in [0.15, 0.2) is 42.5 Å². The molecule has 0 aliphatic carbocycles. The van der Waals surface area contributed by atoms with Crippen molar-refractivity contribution in [2.75, 3.05) is 33.2 Å². The van der Waals surface area contributed by atoms with Gasteiger partial charge in [0, 0.05) is 17.7 Å². The molecule has 0 bridgehead atoms. The highest BCUT2D eigenvalue weighted by Gasteiger charge is 2.26. The van der Waals surface area contributed by atoms with E-state index in [0.717, 1.165) is 41.5 Å². The number of nitrogens with zero attached hydrogens (tertiary/aromatic N) is 2. The van der Waals surface area contributed by atoms with Gasteiger partial charge in [0.25, 0.3) is 0 Å². The van der Waals surface area contributed by atoms with Crippen LogP contribution >= 0.6 is 0 Å². The second-order valence-electron chi connectivity index (χ2n) is 6.00. The molecule has 0 unspecified atom stereocenters. The van der Waals surface area contributed by atoms with E-state index < -0.39 is 0 Å². The van der Waals surface area contributed by atoms with Crippen molar-refractivity contribution in [3.05, 3.63) is 48.0 Å². The Kier molecular flexibility index (Phi) is 4.16. The van der Waals surface area contributed by atoms with Crippen LogP contribution in [0.3, 0.4) is 0 Å². The predicted octanol–water partition coefficient (Wildman–Crippen LogP) is 3.53. The first-order valence-electron chi connectivity index (χ1n) is 8.48. The molecule has 1 aliphatic heterocycles. The van der Waals surface area contributed by atoms with Gasteiger partial charge in [0.15, 0.2) is 11.5 Å². The second kappa shape index (κ2) is 6.63. The summed E-state index contributed by atoms with van der Waals surface area (Å²) in [5.41, 5.74) is 4.01. The first-order valence-corrected chi connectivity index (χ1v) is 8.48. The van der Waals surface area contributed by atoms with Gasteiger partial charge < -0.3 is 19.5 Å². The van der Waals surface area contributed by atoms with E-state index in [1.807, 2.05) is 47.1 Å². The van der Waals surface area contributed by atoms with Gasteiger partial charge in [-0.05, 0) is 42.8 Å². The number of ether oxygens (including phenoxy) is 3. The first kappa shape index (κ1) is 16.3. The van der Waals surface area contributed by atoms with Gasteiger partial charge in [-0.1, -0.05) is 6.07 Å². The molecule has 0 amide bonds. The lowest BCUT2D eigenvalue weighted by molar-refractivity contribution is 0.356. The smallest absolute Gasteiger partial charge is 0.170 e. The monoisotopic (exact) mass is 351 g/mol. The number of aromatic nitrogens is 2. The van der Waals surface area contributed by atoms with Gasteiger partial charge in [-0.3, -0.25) is 0 Å². The summed E-state index contributed by atoms with van der Waals surface area (Å²) in [6.45, 7) is 0.891. The van der Waals surface area contributed by atoms with E-state index in [0.29, 0.717) is 11.5 Å². The van der Waals surface area contributed by atoms with Gasteiger partial charge in [-0.25, -0.2) is 4.68 Å². The molecule has 0 saturated carbocycles. The molecule has 1 aliphatic rings. The molecule has 4 rings (SSSR count). The van der Waals surface area contributed by atoms with Crippen molar-refractivity contribution in [3.63, 3.8) is 0 Å². The Morgan fingerprint density at radius 1 is 0.962 bits per heavy atom. The molecule has 2 aromatic carbocycles. The minimum absolute atomic E-state index is 0.698. The van der Waals surface area contributed by atoms with Crippen LogP contribution in [-0.2, 0) is 6.42 Å². The Bertz CT molecular complexity index is 932. The molecule has 0 fully saturated rings. The molecule has 2 heterocycles. The summed E-state index contributed by atoms with van der Waals surface area (Å²) in [5.74, 6) is 3.24. The van der Waals surface area contributed by atoms with Gasteiger partial charge in [0.05, 0.1) is 27.0 Å². The highest BCUT2D eigenvalue weighted by atomic mass is 16.5. The van der Waals surface area contributed by atoms with Crippen molar-refractivity contribution in [1.82, 2.24) is 9.78 Å². The van der Waals surface area contributed by atoms with E-state index in [9.17, 15) is 0 Å². The van der Waals surface area contributed by atoms with Crippen molar-refractivity contribution < 1.29 is 14.2 Å². The number of para-hydroxylation sites is 1. The number of nitrogens with one attached hydrogen (secondary N) is 1. The molecule has 26 heavy (non-hydrogen) atoms. The second-order valence-corrected chi connectivity index (χ2v) is 6.00. The van der Waals surface area contributed by atoms with Crippen LogP contribution in [0.1, 0.15) is 5.56 Å². The maximum Gasteiger partial charge on any atom is 0.170 e. The van der Waals surface area contributed by atoms with Crippen LogP contribution in [0.2, 0.25) is 0 Å². The summed E-state index contributed by atoms with van der Waals surface area (Å²) in [4.78, 5) is 0. The van der Waals surface area contributed by atoms with E-state index in [4.69, 9.17) is 19.3 Å². The van der Waals surface area contributed by atoms with Gasteiger partial charge >= 0.3 is 0 Å². The van der Waals surface area contributed by atoms with Crippen LogP contribution in [-0.4, -0.2) is 37.7 Å². The molecule has 6 nitrogen and oxygen atoms in total. The number of hydrogen-bond acceptors (Lipinski definition) is 5. The average molecular weight is 351 g/mol. The zero-order valence-electron chi connectivity index (χ0n) is 15.1. The van der Waals surface area contributed by atoms with Crippen LogP contribution < -0.4 is 19.5 Å². The highest BCUT2D eigenvalue weighted by molar-refractivity contribution is 5.78. The predicted molar refractivity (Wildman–Crippen MR) is 101 cm³/mol. The fraction of sp³-hybridized carbons (Fsp3) is 0.250. The fourth-order valence-corrected chi connectivity index (χ4v) is 3.37. The number of hydrogen-bond donors (Lipinski definition) is 1. The number of rotatable bonds is 5. The maximum atomic E-state index is 5.62. The van der Waals surface area contributed by atoms with E-state index in [2.05, 4.69) is 5.32 Å². The summed E-state index contributed by atoms with van der Waals surface area (Å²) in [7, 11) is 4.96. The Morgan fingerprint density at radius 2 is 1.77 bits per heavy atom. The zero-order valence-corrected chi connectivity index (χ0v) is 15.1. The summed E-state index contributed by atoms with van der Waals surface area (Å²) >= 11 is 0. The van der Waals surface area contributed by atoms with E-state index >= 15 is 0 Å². The summed E-state index contributed by atoms with van der Waals surface area (Å²) in [6.07, 6.45) is 0.918. The molecular weight excluding hydrogens is 330 g/mol. The Labute approximate surface area is 152 Å². The quantitative estimate of drug-likeness (QED) is 0.762. The largest absolute Gasteiger partial charge is 0.497 e. The standard InChI is InChI=1S/C20H21N3O3/c1-24-14-9-7-13(8-10-14)23-20-16(11-12-21-20)18(22-23)15-5-4-6-17(25-2)19(15)26-3/h4-10,21H,11-12H2,1-3H3. The average Bonchev–Trinajstić information content (AvgIpc) is 3.30. The molecule has 3 aromatic rings. The van der Waals surface area contributed by atoms with Crippen LogP contribution in [0.4, 0.5) is 5.82 Å². The minimum Gasteiger partial charge on any atom is -0.497 e. The third kappa shape index (κ3) is 2.54. The summed E-state index contributed by atoms with van der Waals surface area (Å²) in [6, 6.07) is 13.7. The molecule has 134 valence electrons. The zero-order chi connectivity index (χ0) is 18.1. The Morgan fingerprint density at radius 3 is 2.46 bits per heavy atom. The van der Waals surface area contributed by atoms with Crippen molar-refractivity contribution >= 4 is 5.82 Å². The molecule has 0 spiro atoms. The summed E-state index contributed by atoms with van der Waals surface area (Å²) < 4.78 is 18.3. The topological polar surface area (TPSA) is 57.5 Å². The first-order chi connectivity index (χ1) is 12.8. The maximum absolute atomic E-state index is 5.62. The number of fused-ring (bicyclic) bond motifs is 1. The van der Waals surface area contributed by atoms with Crippen molar-refractivity contribution in [2.24, 2.45) is 0 Å². The molecule has 1 aromatic heterocycles. The third-order valence-electron chi connectivity index (χ3n) is 4.63. The van der Waals surface area contributed by atoms with Crippen LogP contribution in [0.5, 0.6) is 17.2 Å². The van der Waals surface area contributed by atoms with E-state index in [1.54, 1.807) is 21.3 Å². The minimum atomic E-state index is 0.698. The number of benzene rings is 2. The van der Waals surface area contributed by atoms with Crippen molar-refractivity contribution in [3.8, 4) is 34.2 Å². The number of anilines is 1. The van der Waals surface area contributed by atoms with Gasteiger partial charge in [-0.2, -0.15) is 5.10 Å². The molecule has 6 heteroatoms. The normalized spacial score (nSPS) is 12.4. The lowest BCUT2D eigenvalue weighted by atomic mass is 10.1. The number of methoxy groups -OCH3 is 3. The van der Waals surface area contributed by atoms with Crippen LogP contribution in [0.25, 0.3) is 16.9 Å². The lowest BCUT2D eigenvalue weighted by Crippen LogP contribution is -2.04. The molecular formula is C20H21N3O3. The molecule has 0 saturated heterocycles. The molecule has 1 N–H and O–H groups in total. The van der Waals surface area contributed by atoms with Gasteiger partial charge in [0.2, 0.25) is 0 Å². The van der Waals surface area contributed by atoms with Gasteiger partial charge in [-0.15, -0.1) is 0 Å². The molecule has 0 atom stereocenters. The Balaban J connectivity index is 1.87. The van der Waals surface area contributed by atoms with Crippen molar-refractivity contribution in [1.29, 1.82) is 0 Å². The fourth-order valence-electron chi connectivity index (χ4n) is 3.37. The van der Waals surface area contributed by atoms with Gasteiger partial charge in [0.1, 0.15) is 17.3 Å². The lowest BCUT2D eigenvalue weighted by Gasteiger charge is -2.11. The van der Waals surface area contributed by atoms with E-state index in [1.165, 1.54) is 5.56 Å². The van der Waals surface area contributed by atoms with E-state index in [-0.39, 0.29) is 0 Å². The SMILES string of the molecule is COc1ccc(-n2nc(-c3cccc(OC)c3OC)c3c2NCC3)cc1. The Hall–Kier alpha value is -3.15. The molecule has 0 radical (unpaired) electrons. The van der Waals surface area contributed by atoms with Crippen molar-refractivity contribution in [2.45, 2.75) is 6.42 Å². The van der Waals surface area contributed by atoms with Crippen LogP contribution in [0, 0.1) is 0 Å². The summed E-state index contributed by atoms with van der Waals surface area (Å²) in [5, 5.41) is 8.34. The third-order valence-corrected chi connectivity index (χ3v) is 4.63.